The Labute approximate surface area is 99.4 Å². The molecule has 0 aliphatic heterocycles. The van der Waals surface area contributed by atoms with Gasteiger partial charge in [-0.3, -0.25) is 0 Å². The number of hydrogen-bond donors (Lipinski definition) is 1. The van der Waals surface area contributed by atoms with E-state index in [1.165, 1.54) is 5.56 Å². The van der Waals surface area contributed by atoms with Gasteiger partial charge in [0.2, 0.25) is 0 Å². The molecule has 1 rings (SSSR count). The normalized spacial score (nSPS) is 10.5. The molecular formula is C12H17BrO2. The molecule has 0 aliphatic carbocycles. The molecule has 0 saturated carbocycles. The summed E-state index contributed by atoms with van der Waals surface area (Å²) in [6.07, 6.45) is 0.634. The van der Waals surface area contributed by atoms with E-state index in [4.69, 9.17) is 9.84 Å². The highest BCUT2D eigenvalue weighted by atomic mass is 79.9. The minimum absolute atomic E-state index is 0.145. The fraction of sp³-hybridized carbons (Fsp3) is 0.500. The molecule has 0 aromatic heterocycles. The van der Waals surface area contributed by atoms with Crippen LogP contribution in [0.2, 0.25) is 0 Å². The molecule has 2 nitrogen and oxygen atoms in total. The fourth-order valence-corrected chi connectivity index (χ4v) is 2.37. The van der Waals surface area contributed by atoms with Crippen molar-refractivity contribution in [2.24, 2.45) is 0 Å². The van der Waals surface area contributed by atoms with Crippen LogP contribution in [0.4, 0.5) is 0 Å². The molecule has 1 N–H and O–H groups in total. The average Bonchev–Trinajstić information content (AvgIpc) is 2.24. The van der Waals surface area contributed by atoms with Gasteiger partial charge in [-0.15, -0.1) is 0 Å². The highest BCUT2D eigenvalue weighted by molar-refractivity contribution is 9.10. The molecule has 0 heterocycles. The Hall–Kier alpha value is -0.540. The zero-order valence-corrected chi connectivity index (χ0v) is 11.2. The predicted molar refractivity (Wildman–Crippen MR) is 65.7 cm³/mol. The maximum Gasteiger partial charge on any atom is 0.125 e. The first-order valence-electron chi connectivity index (χ1n) is 4.97. The lowest BCUT2D eigenvalue weighted by Crippen LogP contribution is -2.03. The number of benzene rings is 1. The summed E-state index contributed by atoms with van der Waals surface area (Å²) >= 11 is 3.58. The summed E-state index contributed by atoms with van der Waals surface area (Å²) < 4.78 is 6.53. The molecule has 0 saturated heterocycles. The monoisotopic (exact) mass is 272 g/mol. The van der Waals surface area contributed by atoms with Crippen LogP contribution in [0.25, 0.3) is 0 Å². The van der Waals surface area contributed by atoms with Crippen LogP contribution in [0.1, 0.15) is 22.3 Å². The van der Waals surface area contributed by atoms with Gasteiger partial charge in [0.25, 0.3) is 0 Å². The molecule has 0 fully saturated rings. The number of methoxy groups -OCH3 is 1. The van der Waals surface area contributed by atoms with Crippen molar-refractivity contribution in [1.82, 2.24) is 0 Å². The molecule has 0 spiro atoms. The third-order valence-corrected chi connectivity index (χ3v) is 4.04. The quantitative estimate of drug-likeness (QED) is 0.917. The summed E-state index contributed by atoms with van der Waals surface area (Å²) in [6, 6.07) is 0. The smallest absolute Gasteiger partial charge is 0.125 e. The van der Waals surface area contributed by atoms with Crippen LogP contribution in [-0.2, 0) is 6.42 Å². The van der Waals surface area contributed by atoms with Crippen molar-refractivity contribution in [1.29, 1.82) is 0 Å². The van der Waals surface area contributed by atoms with Gasteiger partial charge in [0.15, 0.2) is 0 Å². The molecule has 0 aliphatic rings. The SMILES string of the molecule is COc1c(C)c(C)c(Br)c(C)c1CCO. The highest BCUT2D eigenvalue weighted by Crippen LogP contribution is 2.36. The van der Waals surface area contributed by atoms with Crippen molar-refractivity contribution in [3.63, 3.8) is 0 Å². The minimum Gasteiger partial charge on any atom is -0.496 e. The lowest BCUT2D eigenvalue weighted by atomic mass is 9.97. The zero-order valence-electron chi connectivity index (χ0n) is 9.65. The van der Waals surface area contributed by atoms with Gasteiger partial charge in [0.1, 0.15) is 5.75 Å². The Kier molecular flexibility index (Phi) is 4.17. The first kappa shape index (κ1) is 12.5. The van der Waals surface area contributed by atoms with E-state index in [1.807, 2.05) is 13.8 Å². The van der Waals surface area contributed by atoms with Crippen LogP contribution in [0.15, 0.2) is 4.47 Å². The lowest BCUT2D eigenvalue weighted by molar-refractivity contribution is 0.296. The molecule has 0 radical (unpaired) electrons. The van der Waals surface area contributed by atoms with E-state index in [0.29, 0.717) is 6.42 Å². The van der Waals surface area contributed by atoms with Gasteiger partial charge in [-0.1, -0.05) is 15.9 Å². The van der Waals surface area contributed by atoms with E-state index in [1.54, 1.807) is 7.11 Å². The predicted octanol–water partition coefficient (Wildman–Crippen LogP) is 2.92. The molecule has 0 unspecified atom stereocenters. The van der Waals surface area contributed by atoms with Crippen molar-refractivity contribution in [3.05, 3.63) is 26.7 Å². The van der Waals surface area contributed by atoms with Crippen LogP contribution in [-0.4, -0.2) is 18.8 Å². The Balaban J connectivity index is 3.47. The molecule has 84 valence electrons. The lowest BCUT2D eigenvalue weighted by Gasteiger charge is -2.18. The van der Waals surface area contributed by atoms with E-state index in [9.17, 15) is 0 Å². The fourth-order valence-electron chi connectivity index (χ4n) is 1.83. The summed E-state index contributed by atoms with van der Waals surface area (Å²) in [6.45, 7) is 6.30. The van der Waals surface area contributed by atoms with E-state index >= 15 is 0 Å². The van der Waals surface area contributed by atoms with Crippen LogP contribution in [0.3, 0.4) is 0 Å². The second-order valence-electron chi connectivity index (χ2n) is 3.67. The number of ether oxygens (including phenoxy) is 1. The second-order valence-corrected chi connectivity index (χ2v) is 4.47. The van der Waals surface area contributed by atoms with Crippen molar-refractivity contribution in [2.45, 2.75) is 27.2 Å². The van der Waals surface area contributed by atoms with Gasteiger partial charge in [0.05, 0.1) is 7.11 Å². The standard InChI is InChI=1S/C12H17BrO2/c1-7-8(2)12(15-4)10(5-6-14)9(3)11(7)13/h14H,5-6H2,1-4H3. The summed E-state index contributed by atoms with van der Waals surface area (Å²) in [5, 5.41) is 9.04. The van der Waals surface area contributed by atoms with Crippen LogP contribution in [0.5, 0.6) is 5.75 Å². The molecular weight excluding hydrogens is 256 g/mol. The molecule has 1 aromatic rings. The number of hydrogen-bond acceptors (Lipinski definition) is 2. The summed E-state index contributed by atoms with van der Waals surface area (Å²) in [5.41, 5.74) is 4.59. The van der Waals surface area contributed by atoms with E-state index in [-0.39, 0.29) is 6.61 Å². The third-order valence-electron chi connectivity index (χ3n) is 2.85. The average molecular weight is 273 g/mol. The molecule has 0 bridgehead atoms. The molecule has 15 heavy (non-hydrogen) atoms. The van der Waals surface area contributed by atoms with Crippen molar-refractivity contribution >= 4 is 15.9 Å². The maximum atomic E-state index is 9.04. The van der Waals surface area contributed by atoms with Crippen molar-refractivity contribution in [3.8, 4) is 5.75 Å². The molecule has 0 atom stereocenters. The van der Waals surface area contributed by atoms with Crippen LogP contribution >= 0.6 is 15.9 Å². The zero-order chi connectivity index (χ0) is 11.6. The maximum absolute atomic E-state index is 9.04. The van der Waals surface area contributed by atoms with Gasteiger partial charge in [-0.05, 0) is 43.9 Å². The molecule has 3 heteroatoms. The van der Waals surface area contributed by atoms with Crippen molar-refractivity contribution in [2.75, 3.05) is 13.7 Å². The number of halogens is 1. The summed E-state index contributed by atoms with van der Waals surface area (Å²) in [7, 11) is 1.68. The van der Waals surface area contributed by atoms with E-state index in [2.05, 4.69) is 22.9 Å². The summed E-state index contributed by atoms with van der Waals surface area (Å²) in [4.78, 5) is 0. The highest BCUT2D eigenvalue weighted by Gasteiger charge is 2.15. The minimum atomic E-state index is 0.145. The van der Waals surface area contributed by atoms with Crippen LogP contribution < -0.4 is 4.74 Å². The van der Waals surface area contributed by atoms with Gasteiger partial charge >= 0.3 is 0 Å². The molecule has 1 aromatic carbocycles. The largest absolute Gasteiger partial charge is 0.496 e. The number of aliphatic hydroxyl groups is 1. The second kappa shape index (κ2) is 4.99. The Morgan fingerprint density at radius 3 is 2.20 bits per heavy atom. The van der Waals surface area contributed by atoms with E-state index in [0.717, 1.165) is 26.9 Å². The Morgan fingerprint density at radius 2 is 1.73 bits per heavy atom. The topological polar surface area (TPSA) is 29.5 Å². The van der Waals surface area contributed by atoms with E-state index < -0.39 is 0 Å². The van der Waals surface area contributed by atoms with Crippen LogP contribution in [0, 0.1) is 20.8 Å². The molecule has 0 amide bonds. The van der Waals surface area contributed by atoms with Gasteiger partial charge in [0, 0.05) is 16.6 Å². The summed E-state index contributed by atoms with van der Waals surface area (Å²) in [5.74, 6) is 0.905. The number of aliphatic hydroxyl groups excluding tert-OH is 1. The van der Waals surface area contributed by atoms with Gasteiger partial charge in [-0.25, -0.2) is 0 Å². The Bertz CT molecular complexity index is 373. The first-order valence-corrected chi connectivity index (χ1v) is 5.76. The Morgan fingerprint density at radius 1 is 1.13 bits per heavy atom. The third kappa shape index (κ3) is 2.18. The number of rotatable bonds is 3. The van der Waals surface area contributed by atoms with Crippen molar-refractivity contribution < 1.29 is 9.84 Å². The first-order chi connectivity index (χ1) is 7.04. The van der Waals surface area contributed by atoms with Gasteiger partial charge in [-0.2, -0.15) is 0 Å². The van der Waals surface area contributed by atoms with Gasteiger partial charge < -0.3 is 9.84 Å².